The molecule has 122 valence electrons. The van der Waals surface area contributed by atoms with Gasteiger partial charge >= 0.3 is 0 Å². The summed E-state index contributed by atoms with van der Waals surface area (Å²) in [6.07, 6.45) is 0.369. The van der Waals surface area contributed by atoms with Crippen molar-refractivity contribution in [2.24, 2.45) is 12.5 Å². The Balaban J connectivity index is 2.00. The van der Waals surface area contributed by atoms with Crippen LogP contribution in [0.15, 0.2) is 35.1 Å². The smallest absolute Gasteiger partial charge is 0.295 e. The zero-order chi connectivity index (χ0) is 17.0. The number of para-hydroxylation sites is 1. The first-order chi connectivity index (χ1) is 10.7. The van der Waals surface area contributed by atoms with E-state index in [1.165, 1.54) is 4.68 Å². The quantitative estimate of drug-likeness (QED) is 0.862. The van der Waals surface area contributed by atoms with E-state index in [1.54, 1.807) is 25.6 Å². The second kappa shape index (κ2) is 5.14. The minimum Gasteiger partial charge on any atom is -0.319 e. The van der Waals surface area contributed by atoms with Crippen molar-refractivity contribution >= 4 is 34.8 Å². The first-order valence-corrected chi connectivity index (χ1v) is 7.98. The summed E-state index contributed by atoms with van der Waals surface area (Å²) in [6.45, 7) is 3.47. The highest BCUT2D eigenvalue weighted by Gasteiger charge is 2.68. The average molecular weight is 354 g/mol. The molecule has 1 fully saturated rings. The topological polar surface area (TPSA) is 56.0 Å². The lowest BCUT2D eigenvalue weighted by molar-refractivity contribution is -0.120. The van der Waals surface area contributed by atoms with E-state index in [9.17, 15) is 9.59 Å². The summed E-state index contributed by atoms with van der Waals surface area (Å²) < 4.78 is 2.14. The number of halogens is 2. The highest BCUT2D eigenvalue weighted by molar-refractivity contribution is 6.53. The fourth-order valence-electron chi connectivity index (χ4n) is 2.61. The van der Waals surface area contributed by atoms with Crippen molar-refractivity contribution in [3.8, 4) is 5.69 Å². The Morgan fingerprint density at radius 2 is 1.83 bits per heavy atom. The molecule has 1 aliphatic rings. The normalized spacial score (nSPS) is 22.0. The molecule has 0 spiro atoms. The molecule has 1 saturated carbocycles. The Kier molecular flexibility index (Phi) is 3.61. The van der Waals surface area contributed by atoms with Gasteiger partial charge in [-0.3, -0.25) is 14.3 Å². The monoisotopic (exact) mass is 353 g/mol. The Hall–Kier alpha value is -1.72. The Labute approximate surface area is 143 Å². The molecule has 1 aromatic heterocycles. The van der Waals surface area contributed by atoms with E-state index in [4.69, 9.17) is 23.2 Å². The van der Waals surface area contributed by atoms with Crippen molar-refractivity contribution in [1.82, 2.24) is 9.36 Å². The van der Waals surface area contributed by atoms with Gasteiger partial charge in [0, 0.05) is 7.05 Å². The number of carbonyl (C=O) groups excluding carboxylic acids is 1. The van der Waals surface area contributed by atoms with Crippen LogP contribution in [0.2, 0.25) is 0 Å². The predicted molar refractivity (Wildman–Crippen MR) is 91.5 cm³/mol. The number of nitrogens with zero attached hydrogens (tertiary/aromatic N) is 2. The minimum absolute atomic E-state index is 0.249. The van der Waals surface area contributed by atoms with Gasteiger partial charge in [-0.1, -0.05) is 18.2 Å². The molecular formula is C16H17Cl2N3O2. The van der Waals surface area contributed by atoms with Crippen LogP contribution in [0.4, 0.5) is 5.69 Å². The summed E-state index contributed by atoms with van der Waals surface area (Å²) >= 11 is 12.1. The van der Waals surface area contributed by atoms with Crippen LogP contribution in [-0.4, -0.2) is 19.6 Å². The van der Waals surface area contributed by atoms with Crippen LogP contribution in [0.5, 0.6) is 0 Å². The first-order valence-electron chi connectivity index (χ1n) is 7.22. The zero-order valence-electron chi connectivity index (χ0n) is 13.1. The van der Waals surface area contributed by atoms with Crippen molar-refractivity contribution < 1.29 is 4.79 Å². The number of carbonyl (C=O) groups is 1. The van der Waals surface area contributed by atoms with E-state index in [-0.39, 0.29) is 17.2 Å². The lowest BCUT2D eigenvalue weighted by Gasteiger charge is -2.11. The third-order valence-corrected chi connectivity index (χ3v) is 5.65. The lowest BCUT2D eigenvalue weighted by atomic mass is 10.1. The van der Waals surface area contributed by atoms with Gasteiger partial charge in [-0.05, 0) is 32.4 Å². The van der Waals surface area contributed by atoms with Crippen molar-refractivity contribution in [3.63, 3.8) is 0 Å². The summed E-state index contributed by atoms with van der Waals surface area (Å²) in [7, 11) is 1.77. The third kappa shape index (κ3) is 2.39. The van der Waals surface area contributed by atoms with Gasteiger partial charge in [0.15, 0.2) is 0 Å². The van der Waals surface area contributed by atoms with Gasteiger partial charge in [0.05, 0.1) is 16.8 Å². The molecule has 0 aliphatic heterocycles. The van der Waals surface area contributed by atoms with Gasteiger partial charge in [0.1, 0.15) is 10.0 Å². The van der Waals surface area contributed by atoms with E-state index in [2.05, 4.69) is 5.32 Å². The Morgan fingerprint density at radius 3 is 2.35 bits per heavy atom. The lowest BCUT2D eigenvalue weighted by Crippen LogP contribution is -2.29. The maximum absolute atomic E-state index is 12.7. The molecule has 0 saturated heterocycles. The summed E-state index contributed by atoms with van der Waals surface area (Å²) in [6, 6.07) is 9.24. The molecule has 1 N–H and O–H groups in total. The van der Waals surface area contributed by atoms with Gasteiger partial charge < -0.3 is 5.32 Å². The molecule has 1 amide bonds. The molecule has 1 heterocycles. The standard InChI is InChI=1S/C16H17Cl2N3O2/c1-10-12(19-14(23)15(2)9-16(15,17)18)13(22)21(20(10)3)11-7-5-4-6-8-11/h4-8H,9H2,1-3H3,(H,19,23)/t15-/m1/s1. The summed E-state index contributed by atoms with van der Waals surface area (Å²) in [5, 5.41) is 2.71. The van der Waals surface area contributed by atoms with Crippen molar-refractivity contribution in [2.45, 2.75) is 24.6 Å². The second-order valence-corrected chi connectivity index (χ2v) is 7.59. The average Bonchev–Trinajstić information content (AvgIpc) is 2.96. The van der Waals surface area contributed by atoms with Crippen LogP contribution in [0.25, 0.3) is 5.69 Å². The number of nitrogens with one attached hydrogen (secondary N) is 1. The van der Waals surface area contributed by atoms with Crippen molar-refractivity contribution in [1.29, 1.82) is 0 Å². The summed E-state index contributed by atoms with van der Waals surface area (Å²) in [5.74, 6) is -0.339. The number of amides is 1. The first kappa shape index (κ1) is 16.1. The molecule has 7 heteroatoms. The largest absolute Gasteiger partial charge is 0.319 e. The van der Waals surface area contributed by atoms with E-state index in [0.717, 1.165) is 5.69 Å². The number of benzene rings is 1. The van der Waals surface area contributed by atoms with Crippen LogP contribution in [-0.2, 0) is 11.8 Å². The number of aromatic nitrogens is 2. The van der Waals surface area contributed by atoms with E-state index >= 15 is 0 Å². The van der Waals surface area contributed by atoms with Crippen LogP contribution in [0.1, 0.15) is 19.0 Å². The summed E-state index contributed by atoms with van der Waals surface area (Å²) in [5.41, 5.74) is 0.473. The maximum Gasteiger partial charge on any atom is 0.295 e. The fourth-order valence-corrected chi connectivity index (χ4v) is 3.32. The molecule has 23 heavy (non-hydrogen) atoms. The van der Waals surface area contributed by atoms with Crippen LogP contribution in [0.3, 0.4) is 0 Å². The van der Waals surface area contributed by atoms with Gasteiger partial charge in [-0.25, -0.2) is 4.68 Å². The minimum atomic E-state index is -1.07. The third-order valence-electron chi connectivity index (χ3n) is 4.55. The van der Waals surface area contributed by atoms with Gasteiger partial charge in [0.2, 0.25) is 5.91 Å². The SMILES string of the molecule is Cc1c(NC(=O)[C@@]2(C)CC2(Cl)Cl)c(=O)n(-c2ccccc2)n1C. The van der Waals surface area contributed by atoms with Gasteiger partial charge in [0.25, 0.3) is 5.56 Å². The predicted octanol–water partition coefficient (Wildman–Crippen LogP) is 3.01. The van der Waals surface area contributed by atoms with Crippen molar-refractivity contribution in [2.75, 3.05) is 5.32 Å². The molecule has 0 unspecified atom stereocenters. The van der Waals surface area contributed by atoms with Gasteiger partial charge in [-0.2, -0.15) is 0 Å². The second-order valence-electron chi connectivity index (χ2n) is 6.10. The van der Waals surface area contributed by atoms with Crippen LogP contribution >= 0.6 is 23.2 Å². The van der Waals surface area contributed by atoms with E-state index in [1.807, 2.05) is 30.3 Å². The molecule has 1 aromatic carbocycles. The molecule has 5 nitrogen and oxygen atoms in total. The van der Waals surface area contributed by atoms with E-state index in [0.29, 0.717) is 12.1 Å². The van der Waals surface area contributed by atoms with Crippen molar-refractivity contribution in [3.05, 3.63) is 46.4 Å². The fraction of sp³-hybridized carbons (Fsp3) is 0.375. The highest BCUT2D eigenvalue weighted by atomic mass is 35.5. The molecule has 1 aliphatic carbocycles. The summed E-state index contributed by atoms with van der Waals surface area (Å²) in [4.78, 5) is 25.2. The zero-order valence-corrected chi connectivity index (χ0v) is 14.6. The molecule has 0 radical (unpaired) electrons. The van der Waals surface area contributed by atoms with E-state index < -0.39 is 9.75 Å². The number of alkyl halides is 2. The van der Waals surface area contributed by atoms with Gasteiger partial charge in [-0.15, -0.1) is 23.2 Å². The van der Waals surface area contributed by atoms with Crippen LogP contribution < -0.4 is 10.9 Å². The molecule has 2 aromatic rings. The number of rotatable bonds is 3. The number of hydrogen-bond acceptors (Lipinski definition) is 2. The molecule has 1 atom stereocenters. The number of hydrogen-bond donors (Lipinski definition) is 1. The molecule has 0 bridgehead atoms. The molecule has 3 rings (SSSR count). The van der Waals surface area contributed by atoms with Crippen LogP contribution in [0, 0.1) is 12.3 Å². The number of anilines is 1. The Morgan fingerprint density at radius 1 is 1.26 bits per heavy atom. The highest BCUT2D eigenvalue weighted by Crippen LogP contribution is 2.64. The maximum atomic E-state index is 12.7. The Bertz CT molecular complexity index is 839. The molecular weight excluding hydrogens is 337 g/mol.